The van der Waals surface area contributed by atoms with Crippen LogP contribution in [0.15, 0.2) is 43.4 Å². The van der Waals surface area contributed by atoms with Crippen LogP contribution in [0.4, 0.5) is 5.69 Å². The second kappa shape index (κ2) is 5.56. The van der Waals surface area contributed by atoms with Crippen LogP contribution in [0, 0.1) is 0 Å². The average molecular weight is 268 g/mol. The van der Waals surface area contributed by atoms with Crippen molar-refractivity contribution in [2.24, 2.45) is 0 Å². The van der Waals surface area contributed by atoms with Gasteiger partial charge in [-0.2, -0.15) is 0 Å². The number of nitrogens with zero attached hydrogens (tertiary/aromatic N) is 4. The van der Waals surface area contributed by atoms with E-state index in [9.17, 15) is 0 Å². The first kappa shape index (κ1) is 12.4. The molecule has 0 unspecified atom stereocenters. The van der Waals surface area contributed by atoms with Gasteiger partial charge in [0.25, 0.3) is 0 Å². The van der Waals surface area contributed by atoms with Gasteiger partial charge in [0.2, 0.25) is 0 Å². The molecule has 102 valence electrons. The molecule has 0 spiro atoms. The summed E-state index contributed by atoms with van der Waals surface area (Å²) in [7, 11) is 0. The van der Waals surface area contributed by atoms with Gasteiger partial charge >= 0.3 is 0 Å². The number of nitrogens with two attached hydrogens (primary N) is 1. The summed E-state index contributed by atoms with van der Waals surface area (Å²) in [5.41, 5.74) is 8.62. The fourth-order valence-electron chi connectivity index (χ4n) is 2.19. The number of pyridine rings is 1. The first-order chi connectivity index (χ1) is 9.84. The Morgan fingerprint density at radius 3 is 2.95 bits per heavy atom. The Morgan fingerprint density at radius 2 is 2.15 bits per heavy atom. The van der Waals surface area contributed by atoms with Crippen LogP contribution in [0.5, 0.6) is 0 Å². The second-order valence-electron chi connectivity index (χ2n) is 4.57. The van der Waals surface area contributed by atoms with Crippen molar-refractivity contribution in [1.82, 2.24) is 24.5 Å². The van der Waals surface area contributed by atoms with E-state index in [1.54, 1.807) is 24.7 Å². The lowest BCUT2D eigenvalue weighted by molar-refractivity contribution is 0.635. The molecular weight excluding hydrogens is 252 g/mol. The van der Waals surface area contributed by atoms with Crippen molar-refractivity contribution >= 4 is 5.69 Å². The van der Waals surface area contributed by atoms with Crippen molar-refractivity contribution in [3.63, 3.8) is 0 Å². The zero-order valence-corrected chi connectivity index (χ0v) is 11.0. The Morgan fingerprint density at radius 1 is 1.20 bits per heavy atom. The van der Waals surface area contributed by atoms with Crippen LogP contribution in [0.3, 0.4) is 0 Å². The molecule has 0 aliphatic carbocycles. The predicted octanol–water partition coefficient (Wildman–Crippen LogP) is 1.88. The molecular formula is C14H16N6. The molecule has 6 nitrogen and oxygen atoms in total. The molecule has 3 rings (SSSR count). The summed E-state index contributed by atoms with van der Waals surface area (Å²) in [4.78, 5) is 15.7. The molecule has 0 atom stereocenters. The van der Waals surface area contributed by atoms with Gasteiger partial charge in [-0.25, -0.2) is 9.97 Å². The highest BCUT2D eigenvalue weighted by atomic mass is 15.0. The van der Waals surface area contributed by atoms with Crippen LogP contribution < -0.4 is 5.73 Å². The minimum Gasteiger partial charge on any atom is -0.398 e. The van der Waals surface area contributed by atoms with E-state index in [1.165, 1.54) is 0 Å². The number of hydrogen-bond acceptors (Lipinski definition) is 4. The maximum absolute atomic E-state index is 5.99. The van der Waals surface area contributed by atoms with E-state index in [-0.39, 0.29) is 0 Å². The first-order valence-corrected chi connectivity index (χ1v) is 6.53. The Balaban J connectivity index is 1.72. The quantitative estimate of drug-likeness (QED) is 0.740. The van der Waals surface area contributed by atoms with E-state index < -0.39 is 0 Å². The van der Waals surface area contributed by atoms with Gasteiger partial charge in [-0.05, 0) is 12.5 Å². The number of hydrogen-bond donors (Lipinski definition) is 2. The van der Waals surface area contributed by atoms with Gasteiger partial charge in [-0.15, -0.1) is 0 Å². The molecule has 0 bridgehead atoms. The third-order valence-corrected chi connectivity index (χ3v) is 3.21. The van der Waals surface area contributed by atoms with Crippen LogP contribution in [0.2, 0.25) is 0 Å². The fourth-order valence-corrected chi connectivity index (χ4v) is 2.19. The second-order valence-corrected chi connectivity index (χ2v) is 4.57. The highest BCUT2D eigenvalue weighted by molar-refractivity contribution is 5.72. The van der Waals surface area contributed by atoms with Crippen molar-refractivity contribution in [2.45, 2.75) is 19.4 Å². The zero-order valence-electron chi connectivity index (χ0n) is 11.0. The van der Waals surface area contributed by atoms with Crippen LogP contribution in [-0.4, -0.2) is 24.5 Å². The normalized spacial score (nSPS) is 10.8. The van der Waals surface area contributed by atoms with E-state index in [4.69, 9.17) is 5.73 Å². The molecule has 0 saturated carbocycles. The van der Waals surface area contributed by atoms with Crippen LogP contribution in [0.1, 0.15) is 12.2 Å². The summed E-state index contributed by atoms with van der Waals surface area (Å²) < 4.78 is 2.09. The molecule has 3 N–H and O–H groups in total. The number of aromatic nitrogens is 5. The predicted molar refractivity (Wildman–Crippen MR) is 76.8 cm³/mol. The van der Waals surface area contributed by atoms with Crippen molar-refractivity contribution in [1.29, 1.82) is 0 Å². The number of aryl methyl sites for hydroxylation is 2. The van der Waals surface area contributed by atoms with E-state index in [1.807, 2.05) is 18.7 Å². The van der Waals surface area contributed by atoms with Gasteiger partial charge in [0, 0.05) is 49.0 Å². The van der Waals surface area contributed by atoms with Crippen molar-refractivity contribution in [2.75, 3.05) is 5.73 Å². The molecule has 0 amide bonds. The third kappa shape index (κ3) is 2.54. The Bertz CT molecular complexity index is 671. The minimum absolute atomic E-state index is 0.716. The largest absolute Gasteiger partial charge is 0.398 e. The van der Waals surface area contributed by atoms with Gasteiger partial charge in [-0.1, -0.05) is 0 Å². The summed E-state index contributed by atoms with van der Waals surface area (Å²) in [6.07, 6.45) is 12.6. The van der Waals surface area contributed by atoms with Crippen molar-refractivity contribution in [3.8, 4) is 11.3 Å². The van der Waals surface area contributed by atoms with Gasteiger partial charge in [0.15, 0.2) is 0 Å². The molecule has 0 fully saturated rings. The number of H-pyrrole nitrogens is 1. The van der Waals surface area contributed by atoms with Gasteiger partial charge in [0.05, 0.1) is 18.2 Å². The Labute approximate surface area is 116 Å². The lowest BCUT2D eigenvalue weighted by atomic mass is 10.2. The summed E-state index contributed by atoms with van der Waals surface area (Å²) in [6.45, 7) is 0.865. The van der Waals surface area contributed by atoms with Crippen LogP contribution >= 0.6 is 0 Å². The number of nitrogen functional groups attached to an aromatic ring is 1. The van der Waals surface area contributed by atoms with Gasteiger partial charge < -0.3 is 15.3 Å². The SMILES string of the molecule is Nc1ccncc1-c1cncn1CCCc1ncc[nH]1. The highest BCUT2D eigenvalue weighted by Gasteiger charge is 2.08. The van der Waals surface area contributed by atoms with Gasteiger partial charge in [-0.3, -0.25) is 4.98 Å². The minimum atomic E-state index is 0.716. The lowest BCUT2D eigenvalue weighted by Gasteiger charge is -2.09. The molecule has 0 aliphatic rings. The Hall–Kier alpha value is -2.63. The monoisotopic (exact) mass is 268 g/mol. The Kier molecular flexibility index (Phi) is 3.45. The van der Waals surface area contributed by atoms with Gasteiger partial charge in [0.1, 0.15) is 5.82 Å². The maximum atomic E-state index is 5.99. The number of rotatable bonds is 5. The van der Waals surface area contributed by atoms with E-state index in [0.717, 1.165) is 36.5 Å². The molecule has 0 radical (unpaired) electrons. The van der Waals surface area contributed by atoms with Crippen LogP contribution in [0.25, 0.3) is 11.3 Å². The molecule has 3 aromatic heterocycles. The van der Waals surface area contributed by atoms with E-state index in [2.05, 4.69) is 24.5 Å². The third-order valence-electron chi connectivity index (χ3n) is 3.21. The molecule has 20 heavy (non-hydrogen) atoms. The molecule has 0 saturated heterocycles. The lowest BCUT2D eigenvalue weighted by Crippen LogP contribution is -2.02. The number of aromatic amines is 1. The standard InChI is InChI=1S/C14H16N6/c15-12-3-4-16-8-11(12)13-9-17-10-20(13)7-1-2-14-18-5-6-19-14/h3-6,8-10H,1-2,7H2,(H2,15,16)(H,18,19). The van der Waals surface area contributed by atoms with Crippen molar-refractivity contribution in [3.05, 3.63) is 49.2 Å². The van der Waals surface area contributed by atoms with E-state index >= 15 is 0 Å². The summed E-state index contributed by atoms with van der Waals surface area (Å²) in [5.74, 6) is 1.01. The smallest absolute Gasteiger partial charge is 0.106 e. The molecule has 0 aromatic carbocycles. The fraction of sp³-hybridized carbons (Fsp3) is 0.214. The van der Waals surface area contributed by atoms with E-state index in [0.29, 0.717) is 5.69 Å². The highest BCUT2D eigenvalue weighted by Crippen LogP contribution is 2.24. The molecule has 3 aromatic rings. The number of nitrogens with one attached hydrogen (secondary N) is 1. The molecule has 3 heterocycles. The summed E-state index contributed by atoms with van der Waals surface area (Å²) in [6, 6.07) is 1.80. The maximum Gasteiger partial charge on any atom is 0.106 e. The number of anilines is 1. The molecule has 0 aliphatic heterocycles. The average Bonchev–Trinajstić information content (AvgIpc) is 3.11. The van der Waals surface area contributed by atoms with Crippen molar-refractivity contribution < 1.29 is 0 Å². The summed E-state index contributed by atoms with van der Waals surface area (Å²) in [5, 5.41) is 0. The first-order valence-electron chi connectivity index (χ1n) is 6.53. The zero-order chi connectivity index (χ0) is 13.8. The molecule has 6 heteroatoms. The number of imidazole rings is 2. The van der Waals surface area contributed by atoms with Crippen LogP contribution in [-0.2, 0) is 13.0 Å². The summed E-state index contributed by atoms with van der Waals surface area (Å²) >= 11 is 0. The topological polar surface area (TPSA) is 85.4 Å².